The summed E-state index contributed by atoms with van der Waals surface area (Å²) in [7, 11) is -4.28. The molecule has 2 aromatic rings. The van der Waals surface area contributed by atoms with Gasteiger partial charge in [0, 0.05) is 9.92 Å². The normalized spacial score (nSPS) is 12.4. The third kappa shape index (κ3) is 6.98. The van der Waals surface area contributed by atoms with Crippen LogP contribution in [-0.2, 0) is 19.6 Å². The van der Waals surface area contributed by atoms with Crippen LogP contribution >= 0.6 is 23.4 Å². The second kappa shape index (κ2) is 10.8. The molecule has 0 heterocycles. The minimum absolute atomic E-state index is 0.0230. The molecule has 0 spiro atoms. The first kappa shape index (κ1) is 24.1. The Morgan fingerprint density at radius 2 is 1.70 bits per heavy atom. The molecule has 3 N–H and O–H groups in total. The van der Waals surface area contributed by atoms with Crippen LogP contribution in [0.15, 0.2) is 58.3 Å². The second-order valence-corrected chi connectivity index (χ2v) is 9.72. The molecule has 0 bridgehead atoms. The van der Waals surface area contributed by atoms with E-state index >= 15 is 0 Å². The Kier molecular flexibility index (Phi) is 8.65. The molecule has 11 heteroatoms. The lowest BCUT2D eigenvalue weighted by Crippen LogP contribution is -2.54. The van der Waals surface area contributed by atoms with E-state index in [9.17, 15) is 22.4 Å². The summed E-state index contributed by atoms with van der Waals surface area (Å²) in [6, 6.07) is 10.5. The zero-order chi connectivity index (χ0) is 22.3. The van der Waals surface area contributed by atoms with Crippen molar-refractivity contribution < 1.29 is 22.4 Å². The van der Waals surface area contributed by atoms with Gasteiger partial charge in [-0.05, 0) is 42.3 Å². The van der Waals surface area contributed by atoms with Gasteiger partial charge in [-0.25, -0.2) is 12.8 Å². The van der Waals surface area contributed by atoms with E-state index < -0.39 is 44.5 Å². The van der Waals surface area contributed by atoms with Gasteiger partial charge in [0.2, 0.25) is 15.9 Å². The Bertz CT molecular complexity index is 1000. The van der Waals surface area contributed by atoms with E-state index in [4.69, 9.17) is 11.6 Å². The SMILES string of the molecule is CC(C)[C@H](NS(=O)(=O)c1ccccc1F)C(=O)NNC(=O)CSc1ccc(Cl)cc1. The molecular weight excluding hydrogens is 453 g/mol. The smallest absolute Gasteiger partial charge is 0.256 e. The van der Waals surface area contributed by atoms with Gasteiger partial charge in [-0.15, -0.1) is 11.8 Å². The summed E-state index contributed by atoms with van der Waals surface area (Å²) in [5.41, 5.74) is 4.45. The fraction of sp³-hybridized carbons (Fsp3) is 0.263. The number of carbonyl (C=O) groups excluding carboxylic acids is 2. The van der Waals surface area contributed by atoms with E-state index in [2.05, 4.69) is 15.6 Å². The number of rotatable bonds is 8. The molecule has 0 aromatic heterocycles. The average Bonchev–Trinajstić information content (AvgIpc) is 2.70. The summed E-state index contributed by atoms with van der Waals surface area (Å²) in [5.74, 6) is -2.63. The van der Waals surface area contributed by atoms with Crippen LogP contribution in [0.25, 0.3) is 0 Å². The number of hydrogen-bond donors (Lipinski definition) is 3. The van der Waals surface area contributed by atoms with Crippen molar-refractivity contribution in [3.63, 3.8) is 0 Å². The minimum atomic E-state index is -4.28. The van der Waals surface area contributed by atoms with Crippen LogP contribution < -0.4 is 15.6 Å². The Morgan fingerprint density at radius 1 is 1.07 bits per heavy atom. The lowest BCUT2D eigenvalue weighted by Gasteiger charge is -2.21. The number of carbonyl (C=O) groups is 2. The number of benzene rings is 2. The molecule has 162 valence electrons. The highest BCUT2D eigenvalue weighted by Crippen LogP contribution is 2.20. The second-order valence-electron chi connectivity index (χ2n) is 6.55. The first-order chi connectivity index (χ1) is 14.1. The van der Waals surface area contributed by atoms with Crippen molar-refractivity contribution in [3.05, 3.63) is 59.4 Å². The molecular formula is C19H21ClFN3O4S2. The lowest BCUT2D eigenvalue weighted by atomic mass is 10.1. The van der Waals surface area contributed by atoms with E-state index in [0.29, 0.717) is 5.02 Å². The molecule has 2 rings (SSSR count). The predicted octanol–water partition coefficient (Wildman–Crippen LogP) is 2.72. The number of hydrogen-bond acceptors (Lipinski definition) is 5. The van der Waals surface area contributed by atoms with E-state index in [1.807, 2.05) is 0 Å². The van der Waals surface area contributed by atoms with Crippen LogP contribution in [0, 0.1) is 11.7 Å². The average molecular weight is 474 g/mol. The molecule has 0 saturated carbocycles. The van der Waals surface area contributed by atoms with Gasteiger partial charge in [-0.3, -0.25) is 20.4 Å². The van der Waals surface area contributed by atoms with E-state index in [1.54, 1.807) is 38.1 Å². The summed E-state index contributed by atoms with van der Waals surface area (Å²) in [4.78, 5) is 24.7. The number of nitrogens with one attached hydrogen (secondary N) is 3. The van der Waals surface area contributed by atoms with Crippen LogP contribution in [0.3, 0.4) is 0 Å². The summed E-state index contributed by atoms with van der Waals surface area (Å²) < 4.78 is 41.0. The Balaban J connectivity index is 1.94. The molecule has 0 aliphatic heterocycles. The third-order valence-electron chi connectivity index (χ3n) is 3.87. The number of amides is 2. The number of halogens is 2. The van der Waals surface area contributed by atoms with Gasteiger partial charge in [0.1, 0.15) is 16.8 Å². The van der Waals surface area contributed by atoms with Crippen molar-refractivity contribution in [1.29, 1.82) is 0 Å². The van der Waals surface area contributed by atoms with Crippen LogP contribution in [0.1, 0.15) is 13.8 Å². The number of hydrazine groups is 1. The molecule has 2 aromatic carbocycles. The highest BCUT2D eigenvalue weighted by atomic mass is 35.5. The van der Waals surface area contributed by atoms with Crippen LogP contribution in [0.4, 0.5) is 4.39 Å². The highest BCUT2D eigenvalue weighted by Gasteiger charge is 2.30. The molecule has 0 aliphatic rings. The fourth-order valence-corrected chi connectivity index (χ4v) is 4.56. The van der Waals surface area contributed by atoms with Crippen LogP contribution in [0.5, 0.6) is 0 Å². The third-order valence-corrected chi connectivity index (χ3v) is 6.60. The van der Waals surface area contributed by atoms with Gasteiger partial charge < -0.3 is 0 Å². The fourth-order valence-electron chi connectivity index (χ4n) is 2.31. The molecule has 0 saturated heterocycles. The molecule has 7 nitrogen and oxygen atoms in total. The first-order valence-electron chi connectivity index (χ1n) is 8.84. The zero-order valence-corrected chi connectivity index (χ0v) is 18.6. The topological polar surface area (TPSA) is 104 Å². The van der Waals surface area contributed by atoms with E-state index in [-0.39, 0.29) is 5.75 Å². The molecule has 30 heavy (non-hydrogen) atoms. The zero-order valence-electron chi connectivity index (χ0n) is 16.2. The van der Waals surface area contributed by atoms with Crippen LogP contribution in [0.2, 0.25) is 5.02 Å². The predicted molar refractivity (Wildman–Crippen MR) is 114 cm³/mol. The molecule has 0 radical (unpaired) electrons. The molecule has 0 aliphatic carbocycles. The summed E-state index contributed by atoms with van der Waals surface area (Å²) in [5, 5.41) is 0.577. The van der Waals surface area contributed by atoms with Gasteiger partial charge >= 0.3 is 0 Å². The lowest BCUT2D eigenvalue weighted by molar-refractivity contribution is -0.129. The van der Waals surface area contributed by atoms with Gasteiger partial charge in [0.15, 0.2) is 0 Å². The van der Waals surface area contributed by atoms with Gasteiger partial charge in [-0.1, -0.05) is 37.6 Å². The maximum absolute atomic E-state index is 13.9. The van der Waals surface area contributed by atoms with Crippen molar-refractivity contribution in [3.8, 4) is 0 Å². The van der Waals surface area contributed by atoms with Crippen LogP contribution in [-0.4, -0.2) is 32.0 Å². The Labute approximate surface area is 183 Å². The summed E-state index contributed by atoms with van der Waals surface area (Å²) in [6.07, 6.45) is 0. The number of sulfonamides is 1. The molecule has 0 fully saturated rings. The largest absolute Gasteiger partial charge is 0.272 e. The van der Waals surface area contributed by atoms with Gasteiger partial charge in [0.25, 0.3) is 5.91 Å². The summed E-state index contributed by atoms with van der Waals surface area (Å²) >= 11 is 7.04. The maximum Gasteiger partial charge on any atom is 0.256 e. The van der Waals surface area contributed by atoms with E-state index in [1.165, 1.54) is 23.9 Å². The van der Waals surface area contributed by atoms with Crippen molar-refractivity contribution >= 4 is 45.2 Å². The van der Waals surface area contributed by atoms with E-state index in [0.717, 1.165) is 17.0 Å². The minimum Gasteiger partial charge on any atom is -0.272 e. The van der Waals surface area contributed by atoms with Crippen molar-refractivity contribution in [2.75, 3.05) is 5.75 Å². The standard InChI is InChI=1S/C19H21ClFN3O4S2/c1-12(2)18(24-30(27,28)16-6-4-3-5-15(16)21)19(26)23-22-17(25)11-29-14-9-7-13(20)8-10-14/h3-10,12,18,24H,11H2,1-2H3,(H,22,25)(H,23,26)/t18-/m0/s1. The molecule has 1 atom stereocenters. The van der Waals surface area contributed by atoms with Crippen molar-refractivity contribution in [2.24, 2.45) is 5.92 Å². The van der Waals surface area contributed by atoms with Gasteiger partial charge in [-0.2, -0.15) is 4.72 Å². The first-order valence-corrected chi connectivity index (χ1v) is 11.7. The van der Waals surface area contributed by atoms with Crippen molar-refractivity contribution in [1.82, 2.24) is 15.6 Å². The van der Waals surface area contributed by atoms with Gasteiger partial charge in [0.05, 0.1) is 5.75 Å². The molecule has 0 unspecified atom stereocenters. The molecule has 2 amide bonds. The monoisotopic (exact) mass is 473 g/mol. The highest BCUT2D eigenvalue weighted by molar-refractivity contribution is 8.00. The number of thioether (sulfide) groups is 1. The maximum atomic E-state index is 13.9. The Hall–Kier alpha value is -2.14. The summed E-state index contributed by atoms with van der Waals surface area (Å²) in [6.45, 7) is 3.23. The Morgan fingerprint density at radius 3 is 2.30 bits per heavy atom. The van der Waals surface area contributed by atoms with Crippen molar-refractivity contribution in [2.45, 2.75) is 29.7 Å². The quantitative estimate of drug-likeness (QED) is 0.404.